The molecule has 0 spiro atoms. The molecular formula is C12H24N2O4S2. The van der Waals surface area contributed by atoms with Crippen molar-refractivity contribution in [3.05, 3.63) is 0 Å². The van der Waals surface area contributed by atoms with Crippen LogP contribution >= 0.6 is 21.6 Å². The maximum Gasteiger partial charge on any atom is 0.407 e. The Bertz CT molecular complexity index is 296. The number of rotatable bonds is 10. The number of alkyl carbamates (subject to hydrolysis) is 1. The molecule has 0 saturated heterocycles. The first-order valence-electron chi connectivity index (χ1n) is 6.45. The molecule has 20 heavy (non-hydrogen) atoms. The fourth-order valence-electron chi connectivity index (χ4n) is 1.06. The van der Waals surface area contributed by atoms with E-state index in [1.807, 2.05) is 20.8 Å². The molecule has 0 aromatic rings. The zero-order valence-corrected chi connectivity index (χ0v) is 13.9. The van der Waals surface area contributed by atoms with Crippen molar-refractivity contribution < 1.29 is 19.4 Å². The van der Waals surface area contributed by atoms with Gasteiger partial charge in [-0.2, -0.15) is 0 Å². The van der Waals surface area contributed by atoms with Crippen LogP contribution in [0.15, 0.2) is 0 Å². The number of hydrogen-bond acceptors (Lipinski definition) is 6. The molecular weight excluding hydrogens is 300 g/mol. The molecule has 0 aromatic carbocycles. The Morgan fingerprint density at radius 3 is 2.25 bits per heavy atom. The molecule has 0 atom stereocenters. The van der Waals surface area contributed by atoms with Crippen molar-refractivity contribution in [3.63, 3.8) is 0 Å². The van der Waals surface area contributed by atoms with Crippen LogP contribution in [0.1, 0.15) is 27.2 Å². The highest BCUT2D eigenvalue weighted by Crippen LogP contribution is 2.19. The minimum absolute atomic E-state index is 0.150. The molecule has 0 bridgehead atoms. The van der Waals surface area contributed by atoms with Gasteiger partial charge in [-0.1, -0.05) is 21.6 Å². The molecule has 6 nitrogen and oxygen atoms in total. The summed E-state index contributed by atoms with van der Waals surface area (Å²) < 4.78 is 5.10. The third-order valence-electron chi connectivity index (χ3n) is 1.81. The number of hydrogen-bond donors (Lipinski definition) is 3. The first kappa shape index (κ1) is 19.4. The highest BCUT2D eigenvalue weighted by molar-refractivity contribution is 8.76. The largest absolute Gasteiger partial charge is 0.481 e. The maximum atomic E-state index is 11.3. The molecule has 0 saturated carbocycles. The molecule has 0 aliphatic rings. The Balaban J connectivity index is 3.25. The summed E-state index contributed by atoms with van der Waals surface area (Å²) in [7, 11) is 3.36. The summed E-state index contributed by atoms with van der Waals surface area (Å²) in [5.41, 5.74) is -0.465. The summed E-state index contributed by atoms with van der Waals surface area (Å²) in [6, 6.07) is 0. The van der Waals surface area contributed by atoms with Crippen molar-refractivity contribution >= 4 is 33.7 Å². The lowest BCUT2D eigenvalue weighted by atomic mass is 10.2. The number of nitrogens with one attached hydrogen (secondary N) is 2. The second-order valence-corrected chi connectivity index (χ2v) is 7.67. The van der Waals surface area contributed by atoms with Crippen LogP contribution in [0.2, 0.25) is 0 Å². The molecule has 0 rings (SSSR count). The number of carbonyl (C=O) groups is 2. The Morgan fingerprint density at radius 1 is 1.10 bits per heavy atom. The van der Waals surface area contributed by atoms with Crippen molar-refractivity contribution in [3.8, 4) is 0 Å². The highest BCUT2D eigenvalue weighted by Gasteiger charge is 2.15. The Labute approximate surface area is 128 Å². The maximum absolute atomic E-state index is 11.3. The molecule has 0 unspecified atom stereocenters. The number of carboxylic acids is 1. The van der Waals surface area contributed by atoms with Crippen LogP contribution < -0.4 is 10.6 Å². The quantitative estimate of drug-likeness (QED) is 0.418. The lowest BCUT2D eigenvalue weighted by Crippen LogP contribution is -2.33. The van der Waals surface area contributed by atoms with Crippen molar-refractivity contribution in [2.45, 2.75) is 32.8 Å². The van der Waals surface area contributed by atoms with E-state index in [-0.39, 0.29) is 6.42 Å². The van der Waals surface area contributed by atoms with Gasteiger partial charge in [0.05, 0.1) is 6.42 Å². The molecule has 3 N–H and O–H groups in total. The summed E-state index contributed by atoms with van der Waals surface area (Å²) in [5.74, 6) is 0.920. The Morgan fingerprint density at radius 2 is 1.70 bits per heavy atom. The van der Waals surface area contributed by atoms with Gasteiger partial charge < -0.3 is 20.5 Å². The molecule has 0 radical (unpaired) electrons. The average molecular weight is 324 g/mol. The fraction of sp³-hybridized carbons (Fsp3) is 0.833. The molecule has 8 heteroatoms. The minimum Gasteiger partial charge on any atom is -0.481 e. The Hall–Kier alpha value is -0.600. The van der Waals surface area contributed by atoms with Crippen LogP contribution in [0, 0.1) is 0 Å². The minimum atomic E-state index is -0.784. The van der Waals surface area contributed by atoms with E-state index in [1.165, 1.54) is 0 Å². The van der Waals surface area contributed by atoms with E-state index in [2.05, 4.69) is 10.6 Å². The van der Waals surface area contributed by atoms with Crippen LogP contribution in [0.25, 0.3) is 0 Å². The predicted molar refractivity (Wildman–Crippen MR) is 84.3 cm³/mol. The summed E-state index contributed by atoms with van der Waals surface area (Å²) in [5, 5.41) is 14.2. The van der Waals surface area contributed by atoms with E-state index in [0.717, 1.165) is 18.1 Å². The predicted octanol–water partition coefficient (Wildman–Crippen LogP) is 1.96. The number of ether oxygens (including phenoxy) is 1. The third-order valence-corrected chi connectivity index (χ3v) is 4.22. The summed E-state index contributed by atoms with van der Waals surface area (Å²) in [4.78, 5) is 21.6. The topological polar surface area (TPSA) is 87.7 Å². The van der Waals surface area contributed by atoms with Crippen LogP contribution in [-0.4, -0.2) is 53.9 Å². The molecule has 0 aromatic heterocycles. The van der Waals surface area contributed by atoms with E-state index in [1.54, 1.807) is 21.6 Å². The molecule has 0 aliphatic carbocycles. The van der Waals surface area contributed by atoms with E-state index in [0.29, 0.717) is 13.1 Å². The monoisotopic (exact) mass is 324 g/mol. The van der Waals surface area contributed by atoms with Gasteiger partial charge in [-0.15, -0.1) is 0 Å². The number of aliphatic carboxylic acids is 1. The van der Waals surface area contributed by atoms with Crippen molar-refractivity contribution in [2.75, 3.05) is 31.1 Å². The van der Waals surface area contributed by atoms with Gasteiger partial charge in [0.2, 0.25) is 0 Å². The fourth-order valence-corrected chi connectivity index (χ4v) is 2.92. The summed E-state index contributed by atoms with van der Waals surface area (Å²) >= 11 is 0. The first-order valence-corrected chi connectivity index (χ1v) is 8.94. The van der Waals surface area contributed by atoms with Gasteiger partial charge in [-0.05, 0) is 20.8 Å². The molecule has 0 fully saturated rings. The molecule has 1 amide bonds. The average Bonchev–Trinajstić information content (AvgIpc) is 2.28. The van der Waals surface area contributed by atoms with Gasteiger partial charge in [0, 0.05) is 31.1 Å². The van der Waals surface area contributed by atoms with Crippen molar-refractivity contribution in [2.24, 2.45) is 0 Å². The van der Waals surface area contributed by atoms with Crippen LogP contribution in [0.4, 0.5) is 4.79 Å². The normalized spacial score (nSPS) is 11.2. The van der Waals surface area contributed by atoms with Gasteiger partial charge in [0.1, 0.15) is 5.60 Å². The van der Waals surface area contributed by atoms with Gasteiger partial charge in [0.25, 0.3) is 0 Å². The van der Waals surface area contributed by atoms with E-state index in [4.69, 9.17) is 9.84 Å². The highest BCUT2D eigenvalue weighted by atomic mass is 33.1. The summed E-state index contributed by atoms with van der Waals surface area (Å²) in [6.45, 7) is 7.34. The van der Waals surface area contributed by atoms with Crippen LogP contribution in [0.5, 0.6) is 0 Å². The summed E-state index contributed by atoms with van der Waals surface area (Å²) in [6.07, 6.45) is -0.240. The Kier molecular flexibility index (Phi) is 10.8. The first-order chi connectivity index (χ1) is 9.31. The number of carbonyl (C=O) groups excluding carboxylic acids is 1. The van der Waals surface area contributed by atoms with E-state index < -0.39 is 17.7 Å². The molecule has 0 heterocycles. The van der Waals surface area contributed by atoms with E-state index >= 15 is 0 Å². The zero-order chi connectivity index (χ0) is 15.4. The van der Waals surface area contributed by atoms with Gasteiger partial charge >= 0.3 is 12.1 Å². The SMILES string of the molecule is CC(C)(C)OC(=O)NCCSSCCNCCC(=O)O. The second-order valence-electron chi connectivity index (χ2n) is 4.97. The lowest BCUT2D eigenvalue weighted by molar-refractivity contribution is -0.136. The zero-order valence-electron chi connectivity index (χ0n) is 12.2. The molecule has 118 valence electrons. The molecule has 0 aliphatic heterocycles. The van der Waals surface area contributed by atoms with Crippen molar-refractivity contribution in [1.29, 1.82) is 0 Å². The number of carboxylic acid groups (broad SMARTS) is 1. The third kappa shape index (κ3) is 15.5. The second kappa shape index (κ2) is 11.1. The van der Waals surface area contributed by atoms with Crippen LogP contribution in [-0.2, 0) is 9.53 Å². The van der Waals surface area contributed by atoms with E-state index in [9.17, 15) is 9.59 Å². The smallest absolute Gasteiger partial charge is 0.407 e. The van der Waals surface area contributed by atoms with Crippen LogP contribution in [0.3, 0.4) is 0 Å². The standard InChI is InChI=1S/C12H24N2O4S2/c1-12(2,3)18-11(17)14-7-9-20-19-8-6-13-5-4-10(15)16/h13H,4-9H2,1-3H3,(H,14,17)(H,15,16). The van der Waals surface area contributed by atoms with Gasteiger partial charge in [0.15, 0.2) is 0 Å². The lowest BCUT2D eigenvalue weighted by Gasteiger charge is -2.19. The van der Waals surface area contributed by atoms with Gasteiger partial charge in [-0.25, -0.2) is 4.79 Å². The van der Waals surface area contributed by atoms with Gasteiger partial charge in [-0.3, -0.25) is 4.79 Å². The van der Waals surface area contributed by atoms with Crippen molar-refractivity contribution in [1.82, 2.24) is 10.6 Å². The number of amides is 1.